The highest BCUT2D eigenvalue weighted by atomic mass is 15.1. The molecule has 1 nitrogen and oxygen atoms in total. The second kappa shape index (κ2) is 15.6. The minimum absolute atomic E-state index is 0.462. The molecule has 1 heteroatoms. The molecule has 1 aliphatic rings. The van der Waals surface area contributed by atoms with Crippen LogP contribution in [0.15, 0.2) is 261 Å². The molecule has 0 saturated carbocycles. The van der Waals surface area contributed by atoms with Crippen LogP contribution in [0.25, 0.3) is 66.1 Å². The summed E-state index contributed by atoms with van der Waals surface area (Å²) in [5.41, 5.74) is 17.7. The van der Waals surface area contributed by atoms with E-state index in [-0.39, 0.29) is 0 Å². The van der Waals surface area contributed by atoms with Crippen molar-refractivity contribution in [3.63, 3.8) is 0 Å². The fourth-order valence-electron chi connectivity index (χ4n) is 10.4. The molecular weight excluding hydrogens is 771 g/mol. The van der Waals surface area contributed by atoms with Gasteiger partial charge in [0.15, 0.2) is 0 Å². The van der Waals surface area contributed by atoms with Gasteiger partial charge >= 0.3 is 0 Å². The van der Waals surface area contributed by atoms with Gasteiger partial charge in [0.05, 0.1) is 5.41 Å². The molecule has 0 N–H and O–H groups in total. The summed E-state index contributed by atoms with van der Waals surface area (Å²) >= 11 is 0. The third-order valence-electron chi connectivity index (χ3n) is 13.3. The van der Waals surface area contributed by atoms with Crippen molar-refractivity contribution < 1.29 is 0 Å². The lowest BCUT2D eigenvalue weighted by Crippen LogP contribution is -2.28. The molecule has 0 fully saturated rings. The number of nitrogens with zero attached hydrogens (tertiary/aromatic N) is 1. The van der Waals surface area contributed by atoms with Crippen molar-refractivity contribution in [2.45, 2.75) is 5.41 Å². The molecule has 11 aromatic carbocycles. The van der Waals surface area contributed by atoms with E-state index in [4.69, 9.17) is 0 Å². The molecule has 300 valence electrons. The Labute approximate surface area is 374 Å². The van der Waals surface area contributed by atoms with Crippen molar-refractivity contribution in [2.75, 3.05) is 4.90 Å². The smallest absolute Gasteiger partial charge is 0.0713 e. The zero-order valence-corrected chi connectivity index (χ0v) is 35.3. The number of benzene rings is 11. The SMILES string of the molecule is c1ccc(-c2cc(-c3ccc(N(c4ccc(-c5cccc6ccccc56)cc4)c4ccc5c(c4)-c4ccccc4C5(c4ccccc4)c4ccccc4)cc3)c3ccccc3c2)cc1. The normalized spacial score (nSPS) is 12.5. The Morgan fingerprint density at radius 1 is 0.250 bits per heavy atom. The number of fused-ring (bicyclic) bond motifs is 5. The summed E-state index contributed by atoms with van der Waals surface area (Å²) in [7, 11) is 0. The van der Waals surface area contributed by atoms with E-state index in [9.17, 15) is 0 Å². The second-order valence-electron chi connectivity index (χ2n) is 16.8. The molecule has 0 amide bonds. The van der Waals surface area contributed by atoms with E-state index in [1.165, 1.54) is 88.3 Å². The van der Waals surface area contributed by atoms with E-state index in [1.54, 1.807) is 0 Å². The monoisotopic (exact) mass is 813 g/mol. The Bertz CT molecular complexity index is 3420. The highest BCUT2D eigenvalue weighted by molar-refractivity contribution is 6.01. The summed E-state index contributed by atoms with van der Waals surface area (Å²) in [4.78, 5) is 2.42. The molecule has 64 heavy (non-hydrogen) atoms. The van der Waals surface area contributed by atoms with E-state index < -0.39 is 5.41 Å². The number of hydrogen-bond acceptors (Lipinski definition) is 1. The molecular formula is C63H43N. The van der Waals surface area contributed by atoms with Crippen LogP contribution in [0.1, 0.15) is 22.3 Å². The van der Waals surface area contributed by atoms with Gasteiger partial charge in [0, 0.05) is 17.1 Å². The Kier molecular flexibility index (Phi) is 9.13. The van der Waals surface area contributed by atoms with Crippen molar-refractivity contribution in [3.8, 4) is 44.5 Å². The van der Waals surface area contributed by atoms with Gasteiger partial charge in [-0.25, -0.2) is 0 Å². The van der Waals surface area contributed by atoms with E-state index in [2.05, 4.69) is 266 Å². The van der Waals surface area contributed by atoms with Crippen LogP contribution in [-0.2, 0) is 5.41 Å². The van der Waals surface area contributed by atoms with Crippen LogP contribution in [0.5, 0.6) is 0 Å². The van der Waals surface area contributed by atoms with E-state index in [0.29, 0.717) is 0 Å². The first-order chi connectivity index (χ1) is 31.7. The van der Waals surface area contributed by atoms with Crippen LogP contribution in [0.2, 0.25) is 0 Å². The Morgan fingerprint density at radius 3 is 1.41 bits per heavy atom. The lowest BCUT2D eigenvalue weighted by Gasteiger charge is -2.34. The fraction of sp³-hybridized carbons (Fsp3) is 0.0159. The third kappa shape index (κ3) is 6.16. The van der Waals surface area contributed by atoms with Gasteiger partial charge in [0.2, 0.25) is 0 Å². The lowest BCUT2D eigenvalue weighted by atomic mass is 9.68. The number of anilines is 3. The standard InChI is InChI=1S/C63H43N/c1-4-17-44(18-5-1)49-41-48-20-11-13-27-57(48)59(42-49)47-33-37-53(38-34-47)64(52-35-31-46(32-36-52)56-29-16-21-45-19-10-12-26-55(45)56)54-39-40-62-60(43-54)58-28-14-15-30-61(58)63(62,50-22-6-2-7-23-50)51-24-8-3-9-25-51/h1-43H. The van der Waals surface area contributed by atoms with Crippen molar-refractivity contribution in [1.29, 1.82) is 0 Å². The highest BCUT2D eigenvalue weighted by Crippen LogP contribution is 2.57. The van der Waals surface area contributed by atoms with Gasteiger partial charge in [-0.1, -0.05) is 212 Å². The first kappa shape index (κ1) is 37.5. The molecule has 0 atom stereocenters. The maximum atomic E-state index is 2.42. The van der Waals surface area contributed by atoms with Crippen molar-refractivity contribution in [2.24, 2.45) is 0 Å². The Morgan fingerprint density at radius 2 is 0.734 bits per heavy atom. The summed E-state index contributed by atoms with van der Waals surface area (Å²) in [5.74, 6) is 0. The van der Waals surface area contributed by atoms with Gasteiger partial charge in [-0.05, 0) is 137 Å². The van der Waals surface area contributed by atoms with Gasteiger partial charge in [0.1, 0.15) is 0 Å². The van der Waals surface area contributed by atoms with E-state index >= 15 is 0 Å². The van der Waals surface area contributed by atoms with E-state index in [0.717, 1.165) is 17.1 Å². The second-order valence-corrected chi connectivity index (χ2v) is 16.8. The fourth-order valence-corrected chi connectivity index (χ4v) is 10.4. The first-order valence-corrected chi connectivity index (χ1v) is 22.2. The maximum absolute atomic E-state index is 2.42. The average molecular weight is 814 g/mol. The highest BCUT2D eigenvalue weighted by Gasteiger charge is 2.46. The predicted molar refractivity (Wildman–Crippen MR) is 270 cm³/mol. The third-order valence-corrected chi connectivity index (χ3v) is 13.3. The van der Waals surface area contributed by atoms with Crippen molar-refractivity contribution in [1.82, 2.24) is 0 Å². The molecule has 0 aliphatic heterocycles. The zero-order valence-electron chi connectivity index (χ0n) is 35.3. The zero-order chi connectivity index (χ0) is 42.5. The topological polar surface area (TPSA) is 3.24 Å². The minimum Gasteiger partial charge on any atom is -0.310 e. The molecule has 0 spiro atoms. The molecule has 0 heterocycles. The van der Waals surface area contributed by atoms with Crippen LogP contribution in [0.3, 0.4) is 0 Å². The minimum atomic E-state index is -0.462. The Hall–Kier alpha value is -8.26. The summed E-state index contributed by atoms with van der Waals surface area (Å²) in [6.45, 7) is 0. The molecule has 1 aliphatic carbocycles. The number of rotatable bonds is 8. The van der Waals surface area contributed by atoms with Gasteiger partial charge in [-0.2, -0.15) is 0 Å². The molecule has 0 radical (unpaired) electrons. The number of hydrogen-bond donors (Lipinski definition) is 0. The Balaban J connectivity index is 1.03. The molecule has 11 aromatic rings. The summed E-state index contributed by atoms with van der Waals surface area (Å²) < 4.78 is 0. The van der Waals surface area contributed by atoms with Crippen LogP contribution >= 0.6 is 0 Å². The van der Waals surface area contributed by atoms with E-state index in [1.807, 2.05) is 0 Å². The van der Waals surface area contributed by atoms with Crippen molar-refractivity contribution in [3.05, 3.63) is 283 Å². The van der Waals surface area contributed by atoms with Gasteiger partial charge < -0.3 is 4.90 Å². The molecule has 0 unspecified atom stereocenters. The van der Waals surface area contributed by atoms with Crippen LogP contribution in [0.4, 0.5) is 17.1 Å². The molecule has 0 aromatic heterocycles. The van der Waals surface area contributed by atoms with Crippen LogP contribution < -0.4 is 4.90 Å². The summed E-state index contributed by atoms with van der Waals surface area (Å²) in [6, 6.07) is 95.8. The molecule has 0 bridgehead atoms. The molecule has 12 rings (SSSR count). The maximum Gasteiger partial charge on any atom is 0.0713 e. The van der Waals surface area contributed by atoms with Crippen LogP contribution in [-0.4, -0.2) is 0 Å². The molecule has 0 saturated heterocycles. The first-order valence-electron chi connectivity index (χ1n) is 22.2. The van der Waals surface area contributed by atoms with Crippen molar-refractivity contribution >= 4 is 38.6 Å². The van der Waals surface area contributed by atoms with Gasteiger partial charge in [0.25, 0.3) is 0 Å². The largest absolute Gasteiger partial charge is 0.310 e. The van der Waals surface area contributed by atoms with Gasteiger partial charge in [-0.15, -0.1) is 0 Å². The quantitative estimate of drug-likeness (QED) is 0.148. The van der Waals surface area contributed by atoms with Gasteiger partial charge in [-0.3, -0.25) is 0 Å². The van der Waals surface area contributed by atoms with Crippen LogP contribution in [0, 0.1) is 0 Å². The summed E-state index contributed by atoms with van der Waals surface area (Å²) in [6.07, 6.45) is 0. The average Bonchev–Trinajstić information content (AvgIpc) is 3.67. The lowest BCUT2D eigenvalue weighted by molar-refractivity contribution is 0.768. The predicted octanol–water partition coefficient (Wildman–Crippen LogP) is 16.8. The summed E-state index contributed by atoms with van der Waals surface area (Å²) in [5, 5.41) is 4.98.